The smallest absolute Gasteiger partial charge is 0.417 e. The minimum absolute atomic E-state index is 0.00963. The SMILES string of the molecule is CS(=O)(=O)c1cc(OCCCN(CCc2ccc(F)cc2)Cc2cccc(C(F)(F)F)c2Cl)cc(F)c1CC(=O)O. The van der Waals surface area contributed by atoms with Crippen molar-refractivity contribution >= 4 is 27.4 Å². The maximum Gasteiger partial charge on any atom is 0.417 e. The van der Waals surface area contributed by atoms with Crippen LogP contribution in [0.25, 0.3) is 0 Å². The Kier molecular flexibility index (Phi) is 10.7. The first-order chi connectivity index (χ1) is 19.1. The fourth-order valence-electron chi connectivity index (χ4n) is 4.17. The van der Waals surface area contributed by atoms with Gasteiger partial charge in [-0.15, -0.1) is 0 Å². The van der Waals surface area contributed by atoms with E-state index in [2.05, 4.69) is 0 Å². The molecule has 41 heavy (non-hydrogen) atoms. The first kappa shape index (κ1) is 32.3. The van der Waals surface area contributed by atoms with Gasteiger partial charge in [0.15, 0.2) is 9.84 Å². The number of nitrogens with zero attached hydrogens (tertiary/aromatic N) is 1. The topological polar surface area (TPSA) is 83.9 Å². The fraction of sp³-hybridized carbons (Fsp3) is 0.321. The molecular weight excluding hydrogens is 593 g/mol. The van der Waals surface area contributed by atoms with Crippen molar-refractivity contribution in [3.05, 3.63) is 93.5 Å². The van der Waals surface area contributed by atoms with Crippen LogP contribution >= 0.6 is 11.6 Å². The van der Waals surface area contributed by atoms with E-state index in [4.69, 9.17) is 21.4 Å². The molecule has 0 aliphatic carbocycles. The van der Waals surface area contributed by atoms with Crippen LogP contribution in [0, 0.1) is 11.6 Å². The van der Waals surface area contributed by atoms with Gasteiger partial charge in [0.05, 0.1) is 28.5 Å². The molecule has 1 N–H and O–H groups in total. The van der Waals surface area contributed by atoms with Crippen molar-refractivity contribution in [2.45, 2.75) is 36.9 Å². The molecule has 0 heterocycles. The number of halogens is 6. The lowest BCUT2D eigenvalue weighted by Crippen LogP contribution is -2.28. The Morgan fingerprint density at radius 1 is 1.05 bits per heavy atom. The zero-order chi connectivity index (χ0) is 30.4. The minimum Gasteiger partial charge on any atom is -0.493 e. The van der Waals surface area contributed by atoms with Gasteiger partial charge in [-0.3, -0.25) is 9.69 Å². The summed E-state index contributed by atoms with van der Waals surface area (Å²) in [7, 11) is -3.96. The van der Waals surface area contributed by atoms with E-state index in [1.165, 1.54) is 24.3 Å². The summed E-state index contributed by atoms with van der Waals surface area (Å²) in [6.45, 7) is 0.756. The number of ether oxygens (including phenoxy) is 1. The number of alkyl halides is 3. The van der Waals surface area contributed by atoms with Gasteiger partial charge in [0.2, 0.25) is 0 Å². The molecule has 0 aliphatic heterocycles. The Bertz CT molecular complexity index is 1480. The third kappa shape index (κ3) is 9.40. The van der Waals surface area contributed by atoms with Crippen molar-refractivity contribution in [3.63, 3.8) is 0 Å². The largest absolute Gasteiger partial charge is 0.493 e. The van der Waals surface area contributed by atoms with Crippen LogP contribution in [0.4, 0.5) is 22.0 Å². The van der Waals surface area contributed by atoms with E-state index in [0.717, 1.165) is 30.0 Å². The number of rotatable bonds is 13. The summed E-state index contributed by atoms with van der Waals surface area (Å²) in [5, 5.41) is 8.60. The molecule has 0 radical (unpaired) electrons. The van der Waals surface area contributed by atoms with Crippen molar-refractivity contribution in [2.24, 2.45) is 0 Å². The molecule has 222 valence electrons. The van der Waals surface area contributed by atoms with E-state index in [9.17, 15) is 35.2 Å². The summed E-state index contributed by atoms with van der Waals surface area (Å²) in [6, 6.07) is 11.5. The predicted octanol–water partition coefficient (Wildman–Crippen LogP) is 6.18. The molecule has 0 amide bonds. The van der Waals surface area contributed by atoms with E-state index in [-0.39, 0.29) is 24.5 Å². The van der Waals surface area contributed by atoms with Gasteiger partial charge in [0, 0.05) is 37.5 Å². The van der Waals surface area contributed by atoms with Crippen molar-refractivity contribution in [2.75, 3.05) is 26.0 Å². The second-order valence-electron chi connectivity index (χ2n) is 9.36. The third-order valence-corrected chi connectivity index (χ3v) is 7.76. The molecule has 3 aromatic carbocycles. The summed E-state index contributed by atoms with van der Waals surface area (Å²) in [6.07, 6.45) is -3.84. The van der Waals surface area contributed by atoms with Crippen LogP contribution in [0.5, 0.6) is 5.75 Å². The Labute approximate surface area is 239 Å². The number of hydrogen-bond acceptors (Lipinski definition) is 5. The zero-order valence-electron chi connectivity index (χ0n) is 21.8. The highest BCUT2D eigenvalue weighted by Crippen LogP contribution is 2.36. The third-order valence-electron chi connectivity index (χ3n) is 6.15. The van der Waals surface area contributed by atoms with Crippen molar-refractivity contribution in [3.8, 4) is 5.75 Å². The number of hydrogen-bond donors (Lipinski definition) is 1. The monoisotopic (exact) mass is 619 g/mol. The molecule has 0 aromatic heterocycles. The summed E-state index contributed by atoms with van der Waals surface area (Å²) < 4.78 is 97.7. The van der Waals surface area contributed by atoms with E-state index in [1.807, 2.05) is 4.90 Å². The summed E-state index contributed by atoms with van der Waals surface area (Å²) in [5.41, 5.74) is -0.353. The maximum atomic E-state index is 14.6. The Morgan fingerprint density at radius 3 is 2.34 bits per heavy atom. The molecule has 3 aromatic rings. The summed E-state index contributed by atoms with van der Waals surface area (Å²) in [5.74, 6) is -2.95. The average Bonchev–Trinajstić information content (AvgIpc) is 2.86. The van der Waals surface area contributed by atoms with Crippen molar-refractivity contribution in [1.29, 1.82) is 0 Å². The standard InChI is InChI=1S/C28H27ClF5NO5S/c1-41(38,39)25-15-21(14-24(31)22(25)16-26(36)37)40-13-3-11-35(12-10-18-6-8-20(30)9-7-18)17-19-4-2-5-23(27(19)29)28(32,33)34/h2,4-9,14-15H,3,10-13,16-17H2,1H3,(H,36,37). The lowest BCUT2D eigenvalue weighted by Gasteiger charge is -2.24. The molecule has 0 atom stereocenters. The van der Waals surface area contributed by atoms with Gasteiger partial charge in [0.25, 0.3) is 0 Å². The maximum absolute atomic E-state index is 14.6. The molecule has 0 saturated heterocycles. The van der Waals surface area contributed by atoms with Crippen molar-refractivity contribution < 1.29 is 45.0 Å². The second kappa shape index (κ2) is 13.6. The van der Waals surface area contributed by atoms with Gasteiger partial charge in [-0.2, -0.15) is 13.2 Å². The van der Waals surface area contributed by atoms with E-state index in [0.29, 0.717) is 25.9 Å². The Hall–Kier alpha value is -3.22. The Balaban J connectivity index is 1.74. The molecule has 0 saturated carbocycles. The highest BCUT2D eigenvalue weighted by Gasteiger charge is 2.34. The molecule has 0 bridgehead atoms. The minimum atomic E-state index is -4.63. The first-order valence-corrected chi connectivity index (χ1v) is 14.6. The van der Waals surface area contributed by atoms with Crippen LogP contribution in [0.1, 0.15) is 28.7 Å². The zero-order valence-corrected chi connectivity index (χ0v) is 23.4. The number of aliphatic carboxylic acids is 1. The molecule has 0 aliphatic rings. The Morgan fingerprint density at radius 2 is 1.73 bits per heavy atom. The van der Waals surface area contributed by atoms with Crippen LogP contribution in [0.15, 0.2) is 59.5 Å². The average molecular weight is 620 g/mol. The van der Waals surface area contributed by atoms with Crippen LogP contribution < -0.4 is 4.74 Å². The highest BCUT2D eigenvalue weighted by atomic mass is 35.5. The van der Waals surface area contributed by atoms with Gasteiger partial charge < -0.3 is 9.84 Å². The number of benzene rings is 3. The highest BCUT2D eigenvalue weighted by molar-refractivity contribution is 7.90. The van der Waals surface area contributed by atoms with E-state index >= 15 is 0 Å². The number of sulfone groups is 1. The lowest BCUT2D eigenvalue weighted by molar-refractivity contribution is -0.138. The lowest BCUT2D eigenvalue weighted by atomic mass is 10.1. The van der Waals surface area contributed by atoms with Gasteiger partial charge in [-0.25, -0.2) is 17.2 Å². The first-order valence-electron chi connectivity index (χ1n) is 12.3. The van der Waals surface area contributed by atoms with Crippen LogP contribution in [-0.4, -0.2) is 50.3 Å². The number of carbonyl (C=O) groups is 1. The van der Waals surface area contributed by atoms with Crippen LogP contribution in [-0.2, 0) is 40.2 Å². The summed E-state index contributed by atoms with van der Waals surface area (Å²) in [4.78, 5) is 12.4. The second-order valence-corrected chi connectivity index (χ2v) is 11.7. The predicted molar refractivity (Wildman–Crippen MR) is 143 cm³/mol. The van der Waals surface area contributed by atoms with E-state index in [1.54, 1.807) is 12.1 Å². The molecule has 6 nitrogen and oxygen atoms in total. The van der Waals surface area contributed by atoms with Crippen LogP contribution in [0.3, 0.4) is 0 Å². The van der Waals surface area contributed by atoms with Crippen LogP contribution in [0.2, 0.25) is 5.02 Å². The quantitative estimate of drug-likeness (QED) is 0.182. The molecule has 0 unspecified atom stereocenters. The van der Waals surface area contributed by atoms with E-state index < -0.39 is 61.1 Å². The molecule has 3 rings (SSSR count). The number of carboxylic acid groups (broad SMARTS) is 1. The fourth-order valence-corrected chi connectivity index (χ4v) is 5.41. The summed E-state index contributed by atoms with van der Waals surface area (Å²) >= 11 is 6.09. The van der Waals surface area contributed by atoms with Gasteiger partial charge in [-0.1, -0.05) is 35.9 Å². The molecular formula is C28H27ClF5NO5S. The molecule has 13 heteroatoms. The number of carboxylic acids is 1. The normalized spacial score (nSPS) is 12.1. The molecule has 0 spiro atoms. The molecule has 0 fully saturated rings. The van der Waals surface area contributed by atoms with Gasteiger partial charge in [-0.05, 0) is 48.2 Å². The van der Waals surface area contributed by atoms with Gasteiger partial charge in [0.1, 0.15) is 17.4 Å². The van der Waals surface area contributed by atoms with Gasteiger partial charge >= 0.3 is 12.1 Å². The van der Waals surface area contributed by atoms with Crippen molar-refractivity contribution in [1.82, 2.24) is 4.90 Å².